The molecule has 2 N–H and O–H groups in total. The van der Waals surface area contributed by atoms with Gasteiger partial charge in [0.05, 0.1) is 26.0 Å². The minimum absolute atomic E-state index is 0.0550. The highest BCUT2D eigenvalue weighted by Gasteiger charge is 2.34. The average Bonchev–Trinajstić information content (AvgIpc) is 3.14. The molecule has 0 bridgehead atoms. The summed E-state index contributed by atoms with van der Waals surface area (Å²) in [6, 6.07) is 1.32. The van der Waals surface area contributed by atoms with Crippen molar-refractivity contribution in [3.63, 3.8) is 0 Å². The Hall–Kier alpha value is -1.86. The molecule has 1 aromatic heterocycles. The molecule has 0 aromatic carbocycles. The van der Waals surface area contributed by atoms with Crippen LogP contribution in [0.3, 0.4) is 0 Å². The molecular formula is C14H18N2O5. The minimum Gasteiger partial charge on any atom is -0.478 e. The van der Waals surface area contributed by atoms with Crippen LogP contribution in [0.2, 0.25) is 0 Å². The summed E-state index contributed by atoms with van der Waals surface area (Å²) in [5.74, 6) is -0.708. The van der Waals surface area contributed by atoms with Crippen LogP contribution in [0.4, 0.5) is 0 Å². The molecule has 114 valence electrons. The van der Waals surface area contributed by atoms with E-state index in [-0.39, 0.29) is 11.5 Å². The Kier molecular flexibility index (Phi) is 3.94. The SMILES string of the molecule is O=C(O)c1ccoc1CN1CCOCC1C(=O)NC1CC1. The van der Waals surface area contributed by atoms with Gasteiger partial charge in [0.1, 0.15) is 17.4 Å². The van der Waals surface area contributed by atoms with E-state index in [1.807, 2.05) is 4.90 Å². The number of nitrogens with one attached hydrogen (secondary N) is 1. The molecule has 7 heteroatoms. The van der Waals surface area contributed by atoms with Gasteiger partial charge in [0.15, 0.2) is 0 Å². The van der Waals surface area contributed by atoms with E-state index in [4.69, 9.17) is 14.3 Å². The minimum atomic E-state index is -1.02. The third kappa shape index (κ3) is 3.25. The predicted octanol–water partition coefficient (Wildman–Crippen LogP) is 0.457. The summed E-state index contributed by atoms with van der Waals surface area (Å²) in [5.41, 5.74) is 0.142. The van der Waals surface area contributed by atoms with Crippen molar-refractivity contribution in [1.29, 1.82) is 0 Å². The van der Waals surface area contributed by atoms with Gasteiger partial charge in [-0.05, 0) is 18.9 Å². The summed E-state index contributed by atoms with van der Waals surface area (Å²) >= 11 is 0. The number of rotatable bonds is 5. The summed E-state index contributed by atoms with van der Waals surface area (Å²) in [6.45, 7) is 1.71. The van der Waals surface area contributed by atoms with Gasteiger partial charge in [0, 0.05) is 12.6 Å². The lowest BCUT2D eigenvalue weighted by molar-refractivity contribution is -0.133. The second-order valence-corrected chi connectivity index (χ2v) is 5.41. The Bertz CT molecular complexity index is 537. The van der Waals surface area contributed by atoms with E-state index in [1.165, 1.54) is 12.3 Å². The predicted molar refractivity (Wildman–Crippen MR) is 71.8 cm³/mol. The van der Waals surface area contributed by atoms with Crippen molar-refractivity contribution in [3.05, 3.63) is 23.7 Å². The first kappa shape index (κ1) is 14.1. The maximum atomic E-state index is 12.2. The smallest absolute Gasteiger partial charge is 0.339 e. The summed E-state index contributed by atoms with van der Waals surface area (Å²) in [6.07, 6.45) is 3.42. The number of carbonyl (C=O) groups is 2. The normalized spacial score (nSPS) is 23.0. The number of ether oxygens (including phenoxy) is 1. The molecule has 2 aliphatic rings. The van der Waals surface area contributed by atoms with Gasteiger partial charge in [0.25, 0.3) is 0 Å². The molecule has 2 fully saturated rings. The molecule has 1 amide bonds. The van der Waals surface area contributed by atoms with E-state index < -0.39 is 12.0 Å². The fourth-order valence-electron chi connectivity index (χ4n) is 2.43. The van der Waals surface area contributed by atoms with Crippen LogP contribution in [-0.4, -0.2) is 53.7 Å². The topological polar surface area (TPSA) is 92.0 Å². The monoisotopic (exact) mass is 294 g/mol. The molecule has 3 rings (SSSR count). The molecule has 1 unspecified atom stereocenters. The summed E-state index contributed by atoms with van der Waals surface area (Å²) in [4.78, 5) is 25.2. The van der Waals surface area contributed by atoms with E-state index in [0.717, 1.165) is 12.8 Å². The third-order valence-corrected chi connectivity index (χ3v) is 3.79. The zero-order valence-corrected chi connectivity index (χ0v) is 11.6. The second kappa shape index (κ2) is 5.87. The summed E-state index contributed by atoms with van der Waals surface area (Å²) in [7, 11) is 0. The van der Waals surface area contributed by atoms with Crippen molar-refractivity contribution >= 4 is 11.9 Å². The van der Waals surface area contributed by atoms with Crippen LogP contribution in [0.1, 0.15) is 29.0 Å². The number of carbonyl (C=O) groups excluding carboxylic acids is 1. The van der Waals surface area contributed by atoms with Crippen molar-refractivity contribution in [3.8, 4) is 0 Å². The molecule has 1 saturated carbocycles. The van der Waals surface area contributed by atoms with Crippen LogP contribution in [0, 0.1) is 0 Å². The van der Waals surface area contributed by atoms with Crippen LogP contribution < -0.4 is 5.32 Å². The van der Waals surface area contributed by atoms with Crippen LogP contribution in [0.25, 0.3) is 0 Å². The quantitative estimate of drug-likeness (QED) is 0.819. The van der Waals surface area contributed by atoms with Crippen molar-refractivity contribution in [2.24, 2.45) is 0 Å². The molecule has 0 spiro atoms. The van der Waals surface area contributed by atoms with Gasteiger partial charge in [-0.1, -0.05) is 0 Å². The van der Waals surface area contributed by atoms with Crippen molar-refractivity contribution in [2.75, 3.05) is 19.8 Å². The first-order valence-corrected chi connectivity index (χ1v) is 7.07. The standard InChI is InChI=1S/C14H18N2O5/c17-13(15-9-1-2-9)11-8-20-6-4-16(11)7-12-10(14(18)19)3-5-21-12/h3,5,9,11H,1-2,4,6-8H2,(H,15,17)(H,18,19). The van der Waals surface area contributed by atoms with Gasteiger partial charge in [-0.25, -0.2) is 4.79 Å². The third-order valence-electron chi connectivity index (χ3n) is 3.79. The van der Waals surface area contributed by atoms with E-state index in [1.54, 1.807) is 0 Å². The van der Waals surface area contributed by atoms with Crippen molar-refractivity contribution in [2.45, 2.75) is 31.5 Å². The van der Waals surface area contributed by atoms with E-state index in [2.05, 4.69) is 5.32 Å². The summed E-state index contributed by atoms with van der Waals surface area (Å²) in [5, 5.41) is 12.1. The maximum absolute atomic E-state index is 12.2. The molecule has 21 heavy (non-hydrogen) atoms. The molecule has 1 aromatic rings. The van der Waals surface area contributed by atoms with Gasteiger partial charge >= 0.3 is 5.97 Å². The highest BCUT2D eigenvalue weighted by Crippen LogP contribution is 2.21. The number of hydrogen-bond donors (Lipinski definition) is 2. The van der Waals surface area contributed by atoms with Crippen LogP contribution >= 0.6 is 0 Å². The molecule has 1 atom stereocenters. The van der Waals surface area contributed by atoms with Gasteiger partial charge in [-0.15, -0.1) is 0 Å². The first-order chi connectivity index (χ1) is 10.1. The number of carboxylic acids is 1. The number of furan rings is 1. The van der Waals surface area contributed by atoms with Crippen LogP contribution in [-0.2, 0) is 16.1 Å². The first-order valence-electron chi connectivity index (χ1n) is 7.07. The molecule has 7 nitrogen and oxygen atoms in total. The Balaban J connectivity index is 1.69. The summed E-state index contributed by atoms with van der Waals surface area (Å²) < 4.78 is 10.6. The molecular weight excluding hydrogens is 276 g/mol. The average molecular weight is 294 g/mol. The fourth-order valence-corrected chi connectivity index (χ4v) is 2.43. The second-order valence-electron chi connectivity index (χ2n) is 5.41. The zero-order chi connectivity index (χ0) is 14.8. The van der Waals surface area contributed by atoms with Crippen molar-refractivity contribution < 1.29 is 23.8 Å². The van der Waals surface area contributed by atoms with E-state index in [9.17, 15) is 9.59 Å². The molecule has 2 heterocycles. The van der Waals surface area contributed by atoms with E-state index in [0.29, 0.717) is 38.1 Å². The largest absolute Gasteiger partial charge is 0.478 e. The lowest BCUT2D eigenvalue weighted by Gasteiger charge is -2.34. The van der Waals surface area contributed by atoms with Gasteiger partial charge < -0.3 is 19.6 Å². The lowest BCUT2D eigenvalue weighted by atomic mass is 10.1. The number of amides is 1. The zero-order valence-electron chi connectivity index (χ0n) is 11.6. The highest BCUT2D eigenvalue weighted by molar-refractivity contribution is 5.88. The number of morpholine rings is 1. The Morgan fingerprint density at radius 1 is 1.43 bits per heavy atom. The number of nitrogens with zero attached hydrogens (tertiary/aromatic N) is 1. The highest BCUT2D eigenvalue weighted by atomic mass is 16.5. The van der Waals surface area contributed by atoms with Gasteiger partial charge in [0.2, 0.25) is 5.91 Å². The lowest BCUT2D eigenvalue weighted by Crippen LogP contribution is -2.53. The fraction of sp³-hybridized carbons (Fsp3) is 0.571. The molecule has 1 aliphatic carbocycles. The van der Waals surface area contributed by atoms with Gasteiger partial charge in [-0.2, -0.15) is 0 Å². The Morgan fingerprint density at radius 3 is 2.95 bits per heavy atom. The van der Waals surface area contributed by atoms with Gasteiger partial charge in [-0.3, -0.25) is 9.69 Å². The Labute approximate surface area is 121 Å². The Morgan fingerprint density at radius 2 is 2.24 bits per heavy atom. The molecule has 1 saturated heterocycles. The number of hydrogen-bond acceptors (Lipinski definition) is 5. The maximum Gasteiger partial charge on any atom is 0.339 e. The molecule has 1 aliphatic heterocycles. The van der Waals surface area contributed by atoms with Crippen LogP contribution in [0.15, 0.2) is 16.7 Å². The van der Waals surface area contributed by atoms with E-state index >= 15 is 0 Å². The van der Waals surface area contributed by atoms with Crippen molar-refractivity contribution in [1.82, 2.24) is 10.2 Å². The number of aromatic carboxylic acids is 1. The molecule has 0 radical (unpaired) electrons. The van der Waals surface area contributed by atoms with Crippen LogP contribution in [0.5, 0.6) is 0 Å². The number of carboxylic acid groups (broad SMARTS) is 1.